The van der Waals surface area contributed by atoms with Gasteiger partial charge in [0, 0.05) is 42.6 Å². The number of carbonyl (C=O) groups is 1. The molecule has 0 fully saturated rings. The number of amides is 1. The number of carbonyl (C=O) groups excluding carboxylic acids is 1. The summed E-state index contributed by atoms with van der Waals surface area (Å²) in [7, 11) is 0. The van der Waals surface area contributed by atoms with E-state index in [0.717, 1.165) is 54.8 Å². The van der Waals surface area contributed by atoms with Crippen LogP contribution in [0.25, 0.3) is 0 Å². The summed E-state index contributed by atoms with van der Waals surface area (Å²) >= 11 is 1.41. The van der Waals surface area contributed by atoms with Crippen molar-refractivity contribution in [2.45, 2.75) is 19.5 Å². The van der Waals surface area contributed by atoms with Crippen LogP contribution in [0.2, 0.25) is 0 Å². The molecule has 0 radical (unpaired) electrons. The first-order valence-corrected chi connectivity index (χ1v) is 9.41. The van der Waals surface area contributed by atoms with Crippen molar-refractivity contribution in [3.8, 4) is 0 Å². The number of rotatable bonds is 4. The van der Waals surface area contributed by atoms with Gasteiger partial charge in [-0.25, -0.2) is 13.8 Å². The smallest absolute Gasteiger partial charge is 0.257 e. The normalized spacial score (nSPS) is 14.0. The van der Waals surface area contributed by atoms with Crippen molar-refractivity contribution < 1.29 is 13.6 Å². The number of fused-ring (bicyclic) bond motifs is 1. The highest BCUT2D eigenvalue weighted by molar-refractivity contribution is 7.15. The zero-order chi connectivity index (χ0) is 18.8. The van der Waals surface area contributed by atoms with Gasteiger partial charge < -0.3 is 0 Å². The van der Waals surface area contributed by atoms with E-state index in [2.05, 4.69) is 27.3 Å². The van der Waals surface area contributed by atoms with Crippen LogP contribution in [0.4, 0.5) is 13.9 Å². The predicted molar refractivity (Wildman–Crippen MR) is 101 cm³/mol. The number of benzene rings is 2. The molecule has 0 aliphatic carbocycles. The van der Waals surface area contributed by atoms with E-state index in [1.807, 2.05) is 18.2 Å². The largest absolute Gasteiger partial charge is 0.298 e. The number of nitrogens with zero attached hydrogens (tertiary/aromatic N) is 2. The number of hydrogen-bond donors (Lipinski definition) is 1. The maximum absolute atomic E-state index is 13.3. The van der Waals surface area contributed by atoms with Crippen LogP contribution in [-0.2, 0) is 19.5 Å². The zero-order valence-electron chi connectivity index (χ0n) is 14.4. The molecular weight excluding hydrogens is 368 g/mol. The van der Waals surface area contributed by atoms with Crippen molar-refractivity contribution in [3.63, 3.8) is 0 Å². The summed E-state index contributed by atoms with van der Waals surface area (Å²) in [5, 5.41) is 3.11. The van der Waals surface area contributed by atoms with E-state index in [1.165, 1.54) is 16.9 Å². The molecule has 3 aromatic rings. The Morgan fingerprint density at radius 3 is 2.63 bits per heavy atom. The minimum atomic E-state index is -0.782. The number of hydrogen-bond acceptors (Lipinski definition) is 4. The Hall–Kier alpha value is -2.64. The van der Waals surface area contributed by atoms with Gasteiger partial charge in [-0.2, -0.15) is 0 Å². The molecule has 0 saturated heterocycles. The van der Waals surface area contributed by atoms with Gasteiger partial charge >= 0.3 is 0 Å². The molecular formula is C20H17F2N3OS. The van der Waals surface area contributed by atoms with E-state index in [-0.39, 0.29) is 5.56 Å². The van der Waals surface area contributed by atoms with Gasteiger partial charge in [0.25, 0.3) is 5.91 Å². The van der Waals surface area contributed by atoms with Crippen molar-refractivity contribution in [1.29, 1.82) is 0 Å². The molecule has 2 aromatic carbocycles. The number of anilines is 1. The monoisotopic (exact) mass is 385 g/mol. The first kappa shape index (κ1) is 17.8. The molecule has 4 rings (SSSR count). The standard InChI is InChI=1S/C20H17F2N3OS/c21-15-8-14(9-16(22)10-15)19(26)24-20-23-17-6-7-25(12-18(17)27-20)11-13-4-2-1-3-5-13/h1-5,8-10H,6-7,11-12H2,(H,23,24,26). The molecule has 7 heteroatoms. The van der Waals surface area contributed by atoms with E-state index >= 15 is 0 Å². The van der Waals surface area contributed by atoms with Crippen molar-refractivity contribution >= 4 is 22.4 Å². The van der Waals surface area contributed by atoms with Gasteiger partial charge in [-0.15, -0.1) is 11.3 Å². The van der Waals surface area contributed by atoms with Gasteiger partial charge in [0.05, 0.1) is 5.69 Å². The third kappa shape index (κ3) is 4.20. The van der Waals surface area contributed by atoms with Gasteiger partial charge in [-0.05, 0) is 17.7 Å². The summed E-state index contributed by atoms with van der Waals surface area (Å²) in [4.78, 5) is 20.2. The first-order chi connectivity index (χ1) is 13.1. The van der Waals surface area contributed by atoms with Gasteiger partial charge in [0.1, 0.15) is 11.6 Å². The van der Waals surface area contributed by atoms with Gasteiger partial charge in [0.15, 0.2) is 5.13 Å². The second-order valence-corrected chi connectivity index (χ2v) is 7.53. The molecule has 0 spiro atoms. The lowest BCUT2D eigenvalue weighted by atomic mass is 10.1. The summed E-state index contributed by atoms with van der Waals surface area (Å²) < 4.78 is 26.6. The highest BCUT2D eigenvalue weighted by Crippen LogP contribution is 2.29. The van der Waals surface area contributed by atoms with Crippen LogP contribution in [0.5, 0.6) is 0 Å². The van der Waals surface area contributed by atoms with Crippen molar-refractivity contribution in [2.75, 3.05) is 11.9 Å². The number of nitrogens with one attached hydrogen (secondary N) is 1. The Morgan fingerprint density at radius 2 is 1.89 bits per heavy atom. The number of thiazole rings is 1. The second-order valence-electron chi connectivity index (χ2n) is 6.45. The van der Waals surface area contributed by atoms with Crippen LogP contribution in [-0.4, -0.2) is 22.3 Å². The minimum Gasteiger partial charge on any atom is -0.298 e. The van der Waals surface area contributed by atoms with Crippen LogP contribution in [0, 0.1) is 11.6 Å². The third-order valence-electron chi connectivity index (χ3n) is 4.40. The Morgan fingerprint density at radius 1 is 1.15 bits per heavy atom. The lowest BCUT2D eigenvalue weighted by molar-refractivity contribution is 0.102. The molecule has 138 valence electrons. The number of halogens is 2. The van der Waals surface area contributed by atoms with Crippen molar-refractivity contribution in [3.05, 3.63) is 81.9 Å². The van der Waals surface area contributed by atoms with Crippen molar-refractivity contribution in [2.24, 2.45) is 0 Å². The van der Waals surface area contributed by atoms with Crippen LogP contribution < -0.4 is 5.32 Å². The van der Waals surface area contributed by atoms with E-state index in [0.29, 0.717) is 5.13 Å². The van der Waals surface area contributed by atoms with Crippen molar-refractivity contribution in [1.82, 2.24) is 9.88 Å². The lowest BCUT2D eigenvalue weighted by Crippen LogP contribution is -2.29. The van der Waals surface area contributed by atoms with E-state index in [1.54, 1.807) is 0 Å². The van der Waals surface area contributed by atoms with Crippen LogP contribution in [0.1, 0.15) is 26.5 Å². The zero-order valence-corrected chi connectivity index (χ0v) is 15.2. The first-order valence-electron chi connectivity index (χ1n) is 8.59. The Labute approximate surface area is 159 Å². The van der Waals surface area contributed by atoms with Crippen LogP contribution in [0.15, 0.2) is 48.5 Å². The molecule has 0 bridgehead atoms. The average molecular weight is 385 g/mol. The fraction of sp³-hybridized carbons (Fsp3) is 0.200. The molecule has 27 heavy (non-hydrogen) atoms. The summed E-state index contributed by atoms with van der Waals surface area (Å²) in [6, 6.07) is 13.0. The summed E-state index contributed by atoms with van der Waals surface area (Å²) in [6.45, 7) is 2.53. The molecule has 1 amide bonds. The Kier molecular flexibility index (Phi) is 4.96. The minimum absolute atomic E-state index is 0.0635. The van der Waals surface area contributed by atoms with E-state index in [9.17, 15) is 13.6 Å². The highest BCUT2D eigenvalue weighted by Gasteiger charge is 2.22. The van der Waals surface area contributed by atoms with Gasteiger partial charge in [0.2, 0.25) is 0 Å². The number of aromatic nitrogens is 1. The fourth-order valence-electron chi connectivity index (χ4n) is 3.13. The molecule has 2 heterocycles. The molecule has 0 unspecified atom stereocenters. The predicted octanol–water partition coefficient (Wildman–Crippen LogP) is 4.23. The SMILES string of the molecule is O=C(Nc1nc2c(s1)CN(Cc1ccccc1)CC2)c1cc(F)cc(F)c1. The van der Waals surface area contributed by atoms with E-state index in [4.69, 9.17) is 0 Å². The summed E-state index contributed by atoms with van der Waals surface area (Å²) in [5.41, 5.74) is 2.17. The van der Waals surface area contributed by atoms with Gasteiger partial charge in [-0.1, -0.05) is 30.3 Å². The topological polar surface area (TPSA) is 45.2 Å². The molecule has 4 nitrogen and oxygen atoms in total. The summed E-state index contributed by atoms with van der Waals surface area (Å²) in [5.74, 6) is -2.13. The average Bonchev–Trinajstić information content (AvgIpc) is 3.03. The lowest BCUT2D eigenvalue weighted by Gasteiger charge is -2.25. The fourth-order valence-corrected chi connectivity index (χ4v) is 4.18. The Bertz CT molecular complexity index is 954. The van der Waals surface area contributed by atoms with E-state index < -0.39 is 17.5 Å². The third-order valence-corrected chi connectivity index (χ3v) is 5.40. The molecule has 1 N–H and O–H groups in total. The molecule has 1 aliphatic rings. The van der Waals surface area contributed by atoms with Gasteiger partial charge in [-0.3, -0.25) is 15.0 Å². The molecule has 0 saturated carbocycles. The maximum atomic E-state index is 13.3. The second kappa shape index (κ2) is 7.54. The van der Waals surface area contributed by atoms with Crippen LogP contribution >= 0.6 is 11.3 Å². The molecule has 0 atom stereocenters. The maximum Gasteiger partial charge on any atom is 0.257 e. The Balaban J connectivity index is 1.44. The highest BCUT2D eigenvalue weighted by atomic mass is 32.1. The summed E-state index contributed by atoms with van der Waals surface area (Å²) in [6.07, 6.45) is 0.809. The quantitative estimate of drug-likeness (QED) is 0.731. The molecule has 1 aliphatic heterocycles. The molecule has 1 aromatic heterocycles. The van der Waals surface area contributed by atoms with Crippen LogP contribution in [0.3, 0.4) is 0 Å².